The molecule has 0 saturated heterocycles. The molecule has 0 aliphatic carbocycles. The fraction of sp³-hybridized carbons (Fsp3) is 0.500. The van der Waals surface area contributed by atoms with Crippen molar-refractivity contribution in [1.82, 2.24) is 4.90 Å². The van der Waals surface area contributed by atoms with Crippen molar-refractivity contribution < 1.29 is 19.0 Å². The molecule has 0 bridgehead atoms. The summed E-state index contributed by atoms with van der Waals surface area (Å²) in [6.07, 6.45) is 0. The molecular formula is C14H21NO4. The van der Waals surface area contributed by atoms with Crippen LogP contribution in [-0.4, -0.2) is 58.4 Å². The molecule has 0 saturated carbocycles. The maximum Gasteiger partial charge on any atom is 0.257 e. The molecule has 0 aliphatic heterocycles. The molecule has 0 heterocycles. The zero-order valence-electron chi connectivity index (χ0n) is 11.7. The lowest BCUT2D eigenvalue weighted by molar-refractivity contribution is 0.0624. The smallest absolute Gasteiger partial charge is 0.257 e. The number of carbonyl (C=O) groups is 1. The summed E-state index contributed by atoms with van der Waals surface area (Å²) in [5.74, 6) is 0.499. The highest BCUT2D eigenvalue weighted by atomic mass is 16.5. The van der Waals surface area contributed by atoms with Gasteiger partial charge in [-0.2, -0.15) is 0 Å². The van der Waals surface area contributed by atoms with E-state index in [0.29, 0.717) is 37.6 Å². The molecule has 19 heavy (non-hydrogen) atoms. The van der Waals surface area contributed by atoms with Gasteiger partial charge in [0.2, 0.25) is 0 Å². The SMILES string of the molecule is COCCN(CCOC)C(=O)c1ccccc1OC. The van der Waals surface area contributed by atoms with E-state index in [1.165, 1.54) is 0 Å². The van der Waals surface area contributed by atoms with Gasteiger partial charge >= 0.3 is 0 Å². The van der Waals surface area contributed by atoms with E-state index in [2.05, 4.69) is 0 Å². The monoisotopic (exact) mass is 267 g/mol. The third-order valence-corrected chi connectivity index (χ3v) is 2.76. The first kappa shape index (κ1) is 15.5. The topological polar surface area (TPSA) is 48.0 Å². The number of methoxy groups -OCH3 is 3. The summed E-state index contributed by atoms with van der Waals surface area (Å²) in [6, 6.07) is 7.19. The highest BCUT2D eigenvalue weighted by molar-refractivity contribution is 5.96. The van der Waals surface area contributed by atoms with Crippen LogP contribution in [0.5, 0.6) is 5.75 Å². The maximum absolute atomic E-state index is 12.5. The van der Waals surface area contributed by atoms with Gasteiger partial charge in [0.15, 0.2) is 0 Å². The van der Waals surface area contributed by atoms with Crippen molar-refractivity contribution in [3.8, 4) is 5.75 Å². The van der Waals surface area contributed by atoms with E-state index < -0.39 is 0 Å². The second-order valence-corrected chi connectivity index (χ2v) is 3.98. The van der Waals surface area contributed by atoms with E-state index in [9.17, 15) is 4.79 Å². The van der Waals surface area contributed by atoms with Crippen molar-refractivity contribution in [2.24, 2.45) is 0 Å². The molecule has 0 spiro atoms. The molecule has 5 heteroatoms. The zero-order valence-corrected chi connectivity index (χ0v) is 11.7. The predicted molar refractivity (Wildman–Crippen MR) is 72.6 cm³/mol. The number of hydrogen-bond donors (Lipinski definition) is 0. The first-order chi connectivity index (χ1) is 9.24. The summed E-state index contributed by atoms with van der Waals surface area (Å²) < 4.78 is 15.3. The fourth-order valence-corrected chi connectivity index (χ4v) is 1.71. The van der Waals surface area contributed by atoms with Gasteiger partial charge in [-0.1, -0.05) is 12.1 Å². The molecule has 106 valence electrons. The summed E-state index contributed by atoms with van der Waals surface area (Å²) in [6.45, 7) is 2.03. The fourth-order valence-electron chi connectivity index (χ4n) is 1.71. The van der Waals surface area contributed by atoms with Gasteiger partial charge in [-0.3, -0.25) is 4.79 Å². The van der Waals surface area contributed by atoms with Crippen LogP contribution < -0.4 is 4.74 Å². The van der Waals surface area contributed by atoms with Crippen molar-refractivity contribution >= 4 is 5.91 Å². The number of carbonyl (C=O) groups excluding carboxylic acids is 1. The van der Waals surface area contributed by atoms with Crippen LogP contribution >= 0.6 is 0 Å². The molecule has 0 unspecified atom stereocenters. The van der Waals surface area contributed by atoms with E-state index in [1.54, 1.807) is 38.4 Å². The molecule has 1 rings (SSSR count). The van der Waals surface area contributed by atoms with Crippen molar-refractivity contribution in [2.75, 3.05) is 47.6 Å². The highest BCUT2D eigenvalue weighted by Crippen LogP contribution is 2.19. The lowest BCUT2D eigenvalue weighted by atomic mass is 10.1. The Morgan fingerprint density at radius 1 is 1.05 bits per heavy atom. The second-order valence-electron chi connectivity index (χ2n) is 3.98. The average Bonchev–Trinajstić information content (AvgIpc) is 2.46. The summed E-state index contributed by atoms with van der Waals surface area (Å²) >= 11 is 0. The lowest BCUT2D eigenvalue weighted by Crippen LogP contribution is -2.36. The largest absolute Gasteiger partial charge is 0.496 e. The number of ether oxygens (including phenoxy) is 3. The Bertz CT molecular complexity index is 387. The van der Waals surface area contributed by atoms with Gasteiger partial charge in [0.1, 0.15) is 5.75 Å². The minimum absolute atomic E-state index is 0.0773. The summed E-state index contributed by atoms with van der Waals surface area (Å²) in [5.41, 5.74) is 0.553. The van der Waals surface area contributed by atoms with Crippen LogP contribution in [0.15, 0.2) is 24.3 Å². The standard InChI is InChI=1S/C14H21NO4/c1-17-10-8-15(9-11-18-2)14(16)12-6-4-5-7-13(12)19-3/h4-7H,8-11H2,1-3H3. The van der Waals surface area contributed by atoms with Crippen LogP contribution in [-0.2, 0) is 9.47 Å². The summed E-state index contributed by atoms with van der Waals surface area (Å²) in [7, 11) is 4.78. The first-order valence-electron chi connectivity index (χ1n) is 6.14. The van der Waals surface area contributed by atoms with Crippen molar-refractivity contribution in [3.63, 3.8) is 0 Å². The van der Waals surface area contributed by atoms with Gasteiger partial charge in [0.05, 0.1) is 25.9 Å². The molecule has 1 aromatic rings. The molecule has 5 nitrogen and oxygen atoms in total. The summed E-state index contributed by atoms with van der Waals surface area (Å²) in [5, 5.41) is 0. The van der Waals surface area contributed by atoms with E-state index in [0.717, 1.165) is 0 Å². The van der Waals surface area contributed by atoms with Crippen LogP contribution in [0.2, 0.25) is 0 Å². The quantitative estimate of drug-likeness (QED) is 0.715. The van der Waals surface area contributed by atoms with Gasteiger partial charge in [-0.05, 0) is 12.1 Å². The Labute approximate surface area is 114 Å². The Morgan fingerprint density at radius 2 is 1.63 bits per heavy atom. The number of benzene rings is 1. The molecular weight excluding hydrogens is 246 g/mol. The second kappa shape index (κ2) is 8.50. The van der Waals surface area contributed by atoms with Crippen molar-refractivity contribution in [2.45, 2.75) is 0 Å². The molecule has 1 amide bonds. The third-order valence-electron chi connectivity index (χ3n) is 2.76. The molecule has 0 fully saturated rings. The molecule has 0 aliphatic rings. The summed E-state index contributed by atoms with van der Waals surface area (Å²) in [4.78, 5) is 14.2. The number of nitrogens with zero attached hydrogens (tertiary/aromatic N) is 1. The van der Waals surface area contributed by atoms with Crippen LogP contribution in [0, 0.1) is 0 Å². The van der Waals surface area contributed by atoms with E-state index in [4.69, 9.17) is 14.2 Å². The predicted octanol–water partition coefficient (Wildman–Crippen LogP) is 1.43. The molecule has 0 N–H and O–H groups in total. The van der Waals surface area contributed by atoms with Crippen molar-refractivity contribution in [1.29, 1.82) is 0 Å². The van der Waals surface area contributed by atoms with Crippen LogP contribution in [0.25, 0.3) is 0 Å². The molecule has 0 radical (unpaired) electrons. The van der Waals surface area contributed by atoms with Gasteiger partial charge in [-0.15, -0.1) is 0 Å². The Balaban J connectivity index is 2.84. The van der Waals surface area contributed by atoms with Crippen molar-refractivity contribution in [3.05, 3.63) is 29.8 Å². The highest BCUT2D eigenvalue weighted by Gasteiger charge is 2.18. The van der Waals surface area contributed by atoms with E-state index in [1.807, 2.05) is 12.1 Å². The number of rotatable bonds is 8. The Morgan fingerprint density at radius 3 is 2.16 bits per heavy atom. The third kappa shape index (κ3) is 4.54. The van der Waals surface area contributed by atoms with Gasteiger partial charge in [-0.25, -0.2) is 0 Å². The first-order valence-corrected chi connectivity index (χ1v) is 6.14. The lowest BCUT2D eigenvalue weighted by Gasteiger charge is -2.23. The minimum atomic E-state index is -0.0773. The average molecular weight is 267 g/mol. The Kier molecular flexibility index (Phi) is 6.92. The van der Waals surface area contributed by atoms with Crippen LogP contribution in [0.4, 0.5) is 0 Å². The number of para-hydroxylation sites is 1. The number of hydrogen-bond acceptors (Lipinski definition) is 4. The normalized spacial score (nSPS) is 10.3. The molecule has 1 aromatic carbocycles. The van der Waals surface area contributed by atoms with E-state index >= 15 is 0 Å². The van der Waals surface area contributed by atoms with Gasteiger partial charge in [0, 0.05) is 27.3 Å². The van der Waals surface area contributed by atoms with Gasteiger partial charge in [0.25, 0.3) is 5.91 Å². The number of amides is 1. The molecule has 0 atom stereocenters. The maximum atomic E-state index is 12.5. The van der Waals surface area contributed by atoms with Crippen LogP contribution in [0.1, 0.15) is 10.4 Å². The molecule has 0 aromatic heterocycles. The minimum Gasteiger partial charge on any atom is -0.496 e. The van der Waals surface area contributed by atoms with Gasteiger partial charge < -0.3 is 19.1 Å². The zero-order chi connectivity index (χ0) is 14.1. The van der Waals surface area contributed by atoms with E-state index in [-0.39, 0.29) is 5.91 Å². The Hall–Kier alpha value is -1.59. The van der Waals surface area contributed by atoms with Crippen LogP contribution in [0.3, 0.4) is 0 Å².